The Morgan fingerprint density at radius 1 is 1.58 bits per heavy atom. The lowest BCUT2D eigenvalue weighted by atomic mass is 9.96. The summed E-state index contributed by atoms with van der Waals surface area (Å²) in [5, 5.41) is 21.1. The number of pyridine rings is 1. The van der Waals surface area contributed by atoms with Crippen molar-refractivity contribution in [3.05, 3.63) is 29.6 Å². The first-order valence-electron chi connectivity index (χ1n) is 6.49. The summed E-state index contributed by atoms with van der Waals surface area (Å²) < 4.78 is 0. The standard InChI is InChI=1S/C14H17N3O2/c15-7-12-6-10(4-5-17-12)8-16-9-11-2-1-3-13(11)14(18)19/h4-6,11,13,16H,1-3,8-9H2,(H,18,19). The zero-order valence-electron chi connectivity index (χ0n) is 10.7. The largest absolute Gasteiger partial charge is 0.481 e. The van der Waals surface area contributed by atoms with Crippen molar-refractivity contribution in [2.24, 2.45) is 11.8 Å². The molecule has 1 aromatic heterocycles. The van der Waals surface area contributed by atoms with Crippen molar-refractivity contribution in [2.75, 3.05) is 6.54 Å². The highest BCUT2D eigenvalue weighted by Gasteiger charge is 2.32. The molecule has 0 saturated heterocycles. The van der Waals surface area contributed by atoms with Gasteiger partial charge in [-0.2, -0.15) is 5.26 Å². The van der Waals surface area contributed by atoms with Crippen LogP contribution in [0.25, 0.3) is 0 Å². The van der Waals surface area contributed by atoms with Gasteiger partial charge in [0.05, 0.1) is 5.92 Å². The van der Waals surface area contributed by atoms with Crippen LogP contribution in [-0.4, -0.2) is 22.6 Å². The van der Waals surface area contributed by atoms with Crippen LogP contribution < -0.4 is 5.32 Å². The normalized spacial score (nSPS) is 22.1. The molecule has 19 heavy (non-hydrogen) atoms. The smallest absolute Gasteiger partial charge is 0.306 e. The van der Waals surface area contributed by atoms with Crippen LogP contribution in [0.3, 0.4) is 0 Å². The molecule has 1 saturated carbocycles. The van der Waals surface area contributed by atoms with Gasteiger partial charge in [-0.3, -0.25) is 4.79 Å². The molecule has 1 fully saturated rings. The van der Waals surface area contributed by atoms with Crippen molar-refractivity contribution in [1.29, 1.82) is 5.26 Å². The van der Waals surface area contributed by atoms with Gasteiger partial charge >= 0.3 is 5.97 Å². The Morgan fingerprint density at radius 2 is 2.42 bits per heavy atom. The summed E-state index contributed by atoms with van der Waals surface area (Å²) in [5.74, 6) is -0.672. The van der Waals surface area contributed by atoms with Crippen LogP contribution in [0.15, 0.2) is 18.3 Å². The van der Waals surface area contributed by atoms with Gasteiger partial charge in [-0.15, -0.1) is 0 Å². The van der Waals surface area contributed by atoms with Crippen LogP contribution in [0, 0.1) is 23.2 Å². The molecule has 0 spiro atoms. The number of hydrogen-bond acceptors (Lipinski definition) is 4. The van der Waals surface area contributed by atoms with Crippen molar-refractivity contribution < 1.29 is 9.90 Å². The minimum atomic E-state index is -0.681. The van der Waals surface area contributed by atoms with Crippen LogP contribution in [-0.2, 0) is 11.3 Å². The molecule has 2 N–H and O–H groups in total. The van der Waals surface area contributed by atoms with Gasteiger partial charge in [0.1, 0.15) is 11.8 Å². The van der Waals surface area contributed by atoms with E-state index in [1.807, 2.05) is 12.1 Å². The first-order chi connectivity index (χ1) is 9.20. The highest BCUT2D eigenvalue weighted by Crippen LogP contribution is 2.31. The number of aliphatic carboxylic acids is 1. The molecular weight excluding hydrogens is 242 g/mol. The molecule has 5 nitrogen and oxygen atoms in total. The van der Waals surface area contributed by atoms with E-state index in [1.54, 1.807) is 12.3 Å². The van der Waals surface area contributed by atoms with E-state index >= 15 is 0 Å². The Balaban J connectivity index is 1.83. The SMILES string of the molecule is N#Cc1cc(CNCC2CCCC2C(=O)O)ccn1. The number of carbonyl (C=O) groups is 1. The summed E-state index contributed by atoms with van der Waals surface area (Å²) in [5.41, 5.74) is 1.40. The second-order valence-corrected chi connectivity index (χ2v) is 4.93. The third-order valence-electron chi connectivity index (χ3n) is 3.65. The van der Waals surface area contributed by atoms with E-state index in [-0.39, 0.29) is 11.8 Å². The van der Waals surface area contributed by atoms with E-state index in [0.717, 1.165) is 24.8 Å². The first kappa shape index (κ1) is 13.5. The number of carboxylic acid groups (broad SMARTS) is 1. The Morgan fingerprint density at radius 3 is 3.16 bits per heavy atom. The summed E-state index contributed by atoms with van der Waals surface area (Å²) in [4.78, 5) is 15.0. The van der Waals surface area contributed by atoms with Crippen molar-refractivity contribution in [3.8, 4) is 6.07 Å². The fourth-order valence-electron chi connectivity index (χ4n) is 2.65. The fraction of sp³-hybridized carbons (Fsp3) is 0.500. The van der Waals surface area contributed by atoms with E-state index < -0.39 is 5.97 Å². The topological polar surface area (TPSA) is 86.0 Å². The number of aromatic nitrogens is 1. The number of hydrogen-bond donors (Lipinski definition) is 2. The molecule has 100 valence electrons. The highest BCUT2D eigenvalue weighted by atomic mass is 16.4. The summed E-state index contributed by atoms with van der Waals surface area (Å²) in [6, 6.07) is 5.61. The van der Waals surface area contributed by atoms with E-state index in [1.165, 1.54) is 0 Å². The Kier molecular flexibility index (Phi) is 4.48. The Bertz CT molecular complexity index is 496. The average molecular weight is 259 g/mol. The number of nitrogens with zero attached hydrogens (tertiary/aromatic N) is 2. The van der Waals surface area contributed by atoms with E-state index in [0.29, 0.717) is 18.8 Å². The van der Waals surface area contributed by atoms with Crippen LogP contribution >= 0.6 is 0 Å². The summed E-state index contributed by atoms with van der Waals surface area (Å²) in [6.07, 6.45) is 4.38. The molecule has 0 aliphatic heterocycles. The maximum absolute atomic E-state index is 11.1. The maximum Gasteiger partial charge on any atom is 0.306 e. The number of nitrogens with one attached hydrogen (secondary N) is 1. The summed E-state index contributed by atoms with van der Waals surface area (Å²) >= 11 is 0. The third-order valence-corrected chi connectivity index (χ3v) is 3.65. The van der Waals surface area contributed by atoms with Gasteiger partial charge in [-0.1, -0.05) is 6.42 Å². The minimum Gasteiger partial charge on any atom is -0.481 e. The number of nitriles is 1. The molecule has 1 aromatic rings. The zero-order valence-corrected chi connectivity index (χ0v) is 10.7. The molecule has 1 aliphatic carbocycles. The number of carboxylic acids is 1. The fourth-order valence-corrected chi connectivity index (χ4v) is 2.65. The lowest BCUT2D eigenvalue weighted by Gasteiger charge is -2.16. The lowest BCUT2D eigenvalue weighted by molar-refractivity contribution is -0.142. The molecule has 1 heterocycles. The van der Waals surface area contributed by atoms with Gasteiger partial charge in [0, 0.05) is 12.7 Å². The lowest BCUT2D eigenvalue weighted by Crippen LogP contribution is -2.28. The Hall–Kier alpha value is -1.93. The van der Waals surface area contributed by atoms with E-state index in [9.17, 15) is 4.79 Å². The van der Waals surface area contributed by atoms with E-state index in [4.69, 9.17) is 10.4 Å². The first-order valence-corrected chi connectivity index (χ1v) is 6.49. The average Bonchev–Trinajstić information content (AvgIpc) is 2.87. The predicted octanol–water partition coefficient (Wildman–Crippen LogP) is 1.54. The molecule has 0 aromatic carbocycles. The molecule has 2 atom stereocenters. The molecule has 2 unspecified atom stereocenters. The van der Waals surface area contributed by atoms with Gasteiger partial charge in [0.25, 0.3) is 0 Å². The van der Waals surface area contributed by atoms with Crippen molar-refractivity contribution in [3.63, 3.8) is 0 Å². The van der Waals surface area contributed by atoms with Crippen LogP contribution in [0.2, 0.25) is 0 Å². The monoisotopic (exact) mass is 259 g/mol. The van der Waals surface area contributed by atoms with Crippen molar-refractivity contribution >= 4 is 5.97 Å². The van der Waals surface area contributed by atoms with E-state index in [2.05, 4.69) is 10.3 Å². The molecule has 0 amide bonds. The second kappa shape index (κ2) is 6.30. The highest BCUT2D eigenvalue weighted by molar-refractivity contribution is 5.70. The van der Waals surface area contributed by atoms with Crippen LogP contribution in [0.1, 0.15) is 30.5 Å². The summed E-state index contributed by atoms with van der Waals surface area (Å²) in [6.45, 7) is 1.35. The van der Waals surface area contributed by atoms with Gasteiger partial charge < -0.3 is 10.4 Å². The second-order valence-electron chi connectivity index (χ2n) is 4.93. The van der Waals surface area contributed by atoms with Crippen LogP contribution in [0.4, 0.5) is 0 Å². The van der Waals surface area contributed by atoms with Crippen LogP contribution in [0.5, 0.6) is 0 Å². The van der Waals surface area contributed by atoms with Gasteiger partial charge in [-0.05, 0) is 43.0 Å². The molecular formula is C14H17N3O2. The van der Waals surface area contributed by atoms with Gasteiger partial charge in [0.15, 0.2) is 0 Å². The zero-order chi connectivity index (χ0) is 13.7. The molecule has 0 bridgehead atoms. The molecule has 0 radical (unpaired) electrons. The quantitative estimate of drug-likeness (QED) is 0.837. The Labute approximate surface area is 112 Å². The predicted molar refractivity (Wildman–Crippen MR) is 69.1 cm³/mol. The van der Waals surface area contributed by atoms with Gasteiger partial charge in [0.2, 0.25) is 0 Å². The minimum absolute atomic E-state index is 0.209. The summed E-state index contributed by atoms with van der Waals surface area (Å²) in [7, 11) is 0. The van der Waals surface area contributed by atoms with Crippen molar-refractivity contribution in [1.82, 2.24) is 10.3 Å². The molecule has 1 aliphatic rings. The third kappa shape index (κ3) is 3.52. The molecule has 2 rings (SSSR count). The maximum atomic E-state index is 11.1. The van der Waals surface area contributed by atoms with Gasteiger partial charge in [-0.25, -0.2) is 4.98 Å². The van der Waals surface area contributed by atoms with Crippen molar-refractivity contribution in [2.45, 2.75) is 25.8 Å². The number of rotatable bonds is 5. The molecule has 5 heteroatoms.